The molecular formula is C15H28O2S. The number of allylic oxidation sites excluding steroid dienone is 1. The zero-order valence-corrected chi connectivity index (χ0v) is 12.9. The lowest BCUT2D eigenvalue weighted by Crippen LogP contribution is -2.05. The van der Waals surface area contributed by atoms with Gasteiger partial charge >= 0.3 is 5.97 Å². The summed E-state index contributed by atoms with van der Waals surface area (Å²) < 4.78 is 5.09. The molecule has 0 bridgehead atoms. The molecule has 0 fully saturated rings. The second-order valence-electron chi connectivity index (χ2n) is 4.69. The Morgan fingerprint density at radius 1 is 1.22 bits per heavy atom. The number of carbonyl (C=O) groups excluding carboxylic acids is 1. The van der Waals surface area contributed by atoms with E-state index in [4.69, 9.17) is 4.74 Å². The largest absolute Gasteiger partial charge is 0.462 e. The molecule has 0 amide bonds. The van der Waals surface area contributed by atoms with Crippen LogP contribution >= 0.6 is 11.8 Å². The lowest BCUT2D eigenvalue weighted by atomic mass is 10.1. The molecule has 0 saturated heterocycles. The van der Waals surface area contributed by atoms with Gasteiger partial charge in [0.2, 0.25) is 0 Å². The van der Waals surface area contributed by atoms with Crippen LogP contribution in [0.2, 0.25) is 0 Å². The summed E-state index contributed by atoms with van der Waals surface area (Å²) in [6, 6.07) is 0. The second-order valence-corrected chi connectivity index (χ2v) is 6.38. The van der Waals surface area contributed by atoms with E-state index >= 15 is 0 Å². The summed E-state index contributed by atoms with van der Waals surface area (Å²) in [4.78, 5) is 11.3. The summed E-state index contributed by atoms with van der Waals surface area (Å²) in [5, 5.41) is 0.599. The Hall–Kier alpha value is -0.440. The minimum absolute atomic E-state index is 0.201. The molecular weight excluding hydrogens is 244 g/mol. The van der Waals surface area contributed by atoms with Gasteiger partial charge in [-0.05, 0) is 18.1 Å². The molecule has 0 atom stereocenters. The Kier molecular flexibility index (Phi) is 12.7. The third kappa shape index (κ3) is 13.6. The van der Waals surface area contributed by atoms with Gasteiger partial charge in [0.05, 0.1) is 0 Å². The molecule has 0 saturated carbocycles. The summed E-state index contributed by atoms with van der Waals surface area (Å²) in [5.41, 5.74) is 0. The monoisotopic (exact) mass is 272 g/mol. The van der Waals surface area contributed by atoms with E-state index in [9.17, 15) is 4.79 Å². The van der Waals surface area contributed by atoms with Crippen molar-refractivity contribution in [1.29, 1.82) is 0 Å². The van der Waals surface area contributed by atoms with Crippen LogP contribution in [0.5, 0.6) is 0 Å². The lowest BCUT2D eigenvalue weighted by Gasteiger charge is -2.04. The van der Waals surface area contributed by atoms with Crippen LogP contribution in [0, 0.1) is 0 Å². The van der Waals surface area contributed by atoms with Crippen molar-refractivity contribution in [1.82, 2.24) is 0 Å². The van der Waals surface area contributed by atoms with Gasteiger partial charge in [-0.1, -0.05) is 52.5 Å². The fourth-order valence-electron chi connectivity index (χ4n) is 1.52. The summed E-state index contributed by atoms with van der Waals surface area (Å²) in [7, 11) is 0. The lowest BCUT2D eigenvalue weighted by molar-refractivity contribution is -0.137. The number of esters is 1. The Morgan fingerprint density at radius 2 is 1.94 bits per heavy atom. The minimum Gasteiger partial charge on any atom is -0.462 e. The minimum atomic E-state index is -0.201. The number of ether oxygens (including phenoxy) is 1. The van der Waals surface area contributed by atoms with Crippen LogP contribution in [-0.4, -0.2) is 23.6 Å². The smallest absolute Gasteiger partial charge is 0.330 e. The van der Waals surface area contributed by atoms with Crippen molar-refractivity contribution in [2.45, 2.75) is 64.5 Å². The van der Waals surface area contributed by atoms with Gasteiger partial charge in [0.15, 0.2) is 0 Å². The van der Waals surface area contributed by atoms with Crippen molar-refractivity contribution in [3.05, 3.63) is 12.2 Å². The van der Waals surface area contributed by atoms with E-state index in [1.165, 1.54) is 32.1 Å². The zero-order chi connectivity index (χ0) is 13.6. The van der Waals surface area contributed by atoms with Gasteiger partial charge < -0.3 is 4.74 Å². The van der Waals surface area contributed by atoms with E-state index in [1.807, 2.05) is 17.8 Å². The molecule has 0 N–H and O–H groups in total. The topological polar surface area (TPSA) is 26.3 Å². The molecule has 2 nitrogen and oxygen atoms in total. The highest BCUT2D eigenvalue weighted by Gasteiger charge is 1.98. The van der Waals surface area contributed by atoms with Crippen molar-refractivity contribution in [2.75, 3.05) is 12.4 Å². The summed E-state index contributed by atoms with van der Waals surface area (Å²) in [5.74, 6) is 0.682. The molecule has 0 radical (unpaired) electrons. The fraction of sp³-hybridized carbons (Fsp3) is 0.800. The van der Waals surface area contributed by atoms with Crippen LogP contribution in [-0.2, 0) is 9.53 Å². The predicted molar refractivity (Wildman–Crippen MR) is 81.1 cm³/mol. The maximum atomic E-state index is 11.3. The van der Waals surface area contributed by atoms with Gasteiger partial charge in [0.25, 0.3) is 0 Å². The number of carbonyl (C=O) groups is 1. The normalized spacial score (nSPS) is 11.3. The Balaban J connectivity index is 3.34. The third-order valence-electron chi connectivity index (χ3n) is 2.51. The summed E-state index contributed by atoms with van der Waals surface area (Å²) in [6.07, 6.45) is 10.8. The average Bonchev–Trinajstić information content (AvgIpc) is 2.33. The third-order valence-corrected chi connectivity index (χ3v) is 3.58. The highest BCUT2D eigenvalue weighted by molar-refractivity contribution is 7.99. The Bertz CT molecular complexity index is 225. The SMILES string of the molecule is CCCCCCCC=CC(=O)OCCSC(C)C. The highest BCUT2D eigenvalue weighted by Crippen LogP contribution is 2.08. The molecule has 0 aliphatic rings. The molecule has 0 spiro atoms. The van der Waals surface area contributed by atoms with Crippen molar-refractivity contribution >= 4 is 17.7 Å². The molecule has 0 aromatic heterocycles. The van der Waals surface area contributed by atoms with Gasteiger partial charge in [-0.15, -0.1) is 0 Å². The van der Waals surface area contributed by atoms with E-state index < -0.39 is 0 Å². The number of hydrogen-bond donors (Lipinski definition) is 0. The van der Waals surface area contributed by atoms with Crippen LogP contribution < -0.4 is 0 Å². The van der Waals surface area contributed by atoms with Crippen molar-refractivity contribution in [2.24, 2.45) is 0 Å². The van der Waals surface area contributed by atoms with E-state index in [2.05, 4.69) is 20.8 Å². The Labute approximate surface area is 117 Å². The molecule has 0 unspecified atom stereocenters. The zero-order valence-electron chi connectivity index (χ0n) is 12.1. The molecule has 0 aromatic rings. The summed E-state index contributed by atoms with van der Waals surface area (Å²) >= 11 is 1.81. The van der Waals surface area contributed by atoms with Crippen LogP contribution in [0.25, 0.3) is 0 Å². The van der Waals surface area contributed by atoms with Crippen LogP contribution in [0.1, 0.15) is 59.3 Å². The van der Waals surface area contributed by atoms with Gasteiger partial charge in [-0.25, -0.2) is 4.79 Å². The van der Waals surface area contributed by atoms with Gasteiger partial charge in [0.1, 0.15) is 6.61 Å². The molecule has 0 aliphatic carbocycles. The predicted octanol–water partition coefficient (Wildman–Crippen LogP) is 4.59. The quantitative estimate of drug-likeness (QED) is 0.313. The number of unbranched alkanes of at least 4 members (excludes halogenated alkanes) is 5. The average molecular weight is 272 g/mol. The number of hydrogen-bond acceptors (Lipinski definition) is 3. The van der Waals surface area contributed by atoms with E-state index in [1.54, 1.807) is 6.08 Å². The molecule has 106 valence electrons. The first-order valence-electron chi connectivity index (χ1n) is 7.11. The van der Waals surface area contributed by atoms with Crippen molar-refractivity contribution < 1.29 is 9.53 Å². The van der Waals surface area contributed by atoms with E-state index in [0.29, 0.717) is 11.9 Å². The van der Waals surface area contributed by atoms with Gasteiger partial charge in [0, 0.05) is 11.8 Å². The standard InChI is InChI=1S/C15H28O2S/c1-4-5-6-7-8-9-10-11-15(16)17-12-13-18-14(2)3/h10-11,14H,4-9,12-13H2,1-3H3. The van der Waals surface area contributed by atoms with Crippen LogP contribution in [0.3, 0.4) is 0 Å². The molecule has 0 aromatic carbocycles. The molecule has 3 heteroatoms. The highest BCUT2D eigenvalue weighted by atomic mass is 32.2. The van der Waals surface area contributed by atoms with Crippen LogP contribution in [0.15, 0.2) is 12.2 Å². The van der Waals surface area contributed by atoms with Crippen molar-refractivity contribution in [3.8, 4) is 0 Å². The first-order valence-corrected chi connectivity index (χ1v) is 8.16. The Morgan fingerprint density at radius 3 is 2.61 bits per heavy atom. The van der Waals surface area contributed by atoms with Crippen molar-refractivity contribution in [3.63, 3.8) is 0 Å². The van der Waals surface area contributed by atoms with E-state index in [-0.39, 0.29) is 5.97 Å². The number of rotatable bonds is 11. The number of thioether (sulfide) groups is 1. The van der Waals surface area contributed by atoms with Crippen LogP contribution in [0.4, 0.5) is 0 Å². The van der Waals surface area contributed by atoms with E-state index in [0.717, 1.165) is 12.2 Å². The maximum Gasteiger partial charge on any atom is 0.330 e. The maximum absolute atomic E-state index is 11.3. The first-order chi connectivity index (χ1) is 8.66. The summed E-state index contributed by atoms with van der Waals surface area (Å²) in [6.45, 7) is 7.02. The fourth-order valence-corrected chi connectivity index (χ4v) is 2.17. The second kappa shape index (κ2) is 13.0. The van der Waals surface area contributed by atoms with Gasteiger partial charge in [-0.2, -0.15) is 11.8 Å². The molecule has 18 heavy (non-hydrogen) atoms. The van der Waals surface area contributed by atoms with Gasteiger partial charge in [-0.3, -0.25) is 0 Å². The molecule has 0 rings (SSSR count). The molecule has 0 heterocycles. The molecule has 0 aliphatic heterocycles. The first kappa shape index (κ1) is 17.6.